The van der Waals surface area contributed by atoms with Gasteiger partial charge in [0.1, 0.15) is 4.70 Å². The second-order valence-corrected chi connectivity index (χ2v) is 5.31. The summed E-state index contributed by atoms with van der Waals surface area (Å²) in [6.45, 7) is 3.55. The van der Waals surface area contributed by atoms with Crippen LogP contribution < -0.4 is 5.56 Å². The molecule has 5 nitrogen and oxygen atoms in total. The van der Waals surface area contributed by atoms with Crippen molar-refractivity contribution in [3.8, 4) is 0 Å². The zero-order chi connectivity index (χ0) is 13.2. The number of fused-ring (bicyclic) bond motifs is 1. The molecule has 0 bridgehead atoms. The highest BCUT2D eigenvalue weighted by molar-refractivity contribution is 7.17. The molecule has 0 aromatic carbocycles. The van der Waals surface area contributed by atoms with Gasteiger partial charge in [-0.2, -0.15) is 0 Å². The van der Waals surface area contributed by atoms with Crippen molar-refractivity contribution in [1.29, 1.82) is 0 Å². The van der Waals surface area contributed by atoms with Crippen LogP contribution in [0.5, 0.6) is 0 Å². The third-order valence-corrected chi connectivity index (χ3v) is 3.92. The van der Waals surface area contributed by atoms with E-state index in [4.69, 9.17) is 0 Å². The van der Waals surface area contributed by atoms with Crippen LogP contribution in [0.25, 0.3) is 10.2 Å². The summed E-state index contributed by atoms with van der Waals surface area (Å²) in [5.41, 5.74) is 1.82. The second-order valence-electron chi connectivity index (χ2n) is 4.39. The molecule has 0 aliphatic heterocycles. The van der Waals surface area contributed by atoms with E-state index in [1.54, 1.807) is 23.4 Å². The Labute approximate surface area is 114 Å². The van der Waals surface area contributed by atoms with Gasteiger partial charge in [0.25, 0.3) is 5.56 Å². The molecule has 3 aromatic rings. The molecule has 98 valence electrons. The Morgan fingerprint density at radius 2 is 2.21 bits per heavy atom. The average molecular weight is 274 g/mol. The molecule has 0 atom stereocenters. The molecular weight excluding hydrogens is 260 g/mol. The van der Waals surface area contributed by atoms with E-state index in [1.807, 2.05) is 11.4 Å². The maximum absolute atomic E-state index is 12.3. The molecule has 0 unspecified atom stereocenters. The SMILES string of the molecule is CCCn1cncc1Cn1cnc2ccsc2c1=O. The molecule has 0 N–H and O–H groups in total. The first-order chi connectivity index (χ1) is 9.29. The number of thiophene rings is 1. The van der Waals surface area contributed by atoms with E-state index in [0.717, 1.165) is 24.2 Å². The zero-order valence-electron chi connectivity index (χ0n) is 10.6. The average Bonchev–Trinajstić information content (AvgIpc) is 3.03. The van der Waals surface area contributed by atoms with Crippen LogP contribution in [0, 0.1) is 0 Å². The Bertz CT molecular complexity index is 755. The smallest absolute Gasteiger partial charge is 0.271 e. The monoisotopic (exact) mass is 274 g/mol. The van der Waals surface area contributed by atoms with Crippen LogP contribution in [-0.2, 0) is 13.1 Å². The summed E-state index contributed by atoms with van der Waals surface area (Å²) < 4.78 is 4.43. The lowest BCUT2D eigenvalue weighted by Gasteiger charge is -2.08. The van der Waals surface area contributed by atoms with Crippen LogP contribution in [0.2, 0.25) is 0 Å². The number of aryl methyl sites for hydroxylation is 1. The number of imidazole rings is 1. The second kappa shape index (κ2) is 4.97. The normalized spacial score (nSPS) is 11.2. The van der Waals surface area contributed by atoms with Crippen molar-refractivity contribution in [3.63, 3.8) is 0 Å². The maximum Gasteiger partial charge on any atom is 0.271 e. The summed E-state index contributed by atoms with van der Waals surface area (Å²) in [6, 6.07) is 1.87. The van der Waals surface area contributed by atoms with E-state index < -0.39 is 0 Å². The Hall–Kier alpha value is -1.95. The predicted octanol–water partition coefficient (Wildman–Crippen LogP) is 2.11. The molecule has 0 aliphatic rings. The quantitative estimate of drug-likeness (QED) is 0.732. The summed E-state index contributed by atoms with van der Waals surface area (Å²) >= 11 is 1.44. The van der Waals surface area contributed by atoms with Gasteiger partial charge in [-0.05, 0) is 17.9 Å². The van der Waals surface area contributed by atoms with Crippen molar-refractivity contribution in [2.75, 3.05) is 0 Å². The Kier molecular flexibility index (Phi) is 3.16. The van der Waals surface area contributed by atoms with Gasteiger partial charge in [0.15, 0.2) is 0 Å². The van der Waals surface area contributed by atoms with Gasteiger partial charge in [0.05, 0.1) is 30.4 Å². The number of rotatable bonds is 4. The van der Waals surface area contributed by atoms with Crippen LogP contribution in [0.15, 0.2) is 35.1 Å². The van der Waals surface area contributed by atoms with E-state index in [0.29, 0.717) is 11.2 Å². The van der Waals surface area contributed by atoms with Crippen molar-refractivity contribution >= 4 is 21.6 Å². The third-order valence-electron chi connectivity index (χ3n) is 3.03. The number of hydrogen-bond donors (Lipinski definition) is 0. The largest absolute Gasteiger partial charge is 0.333 e. The molecule has 0 saturated heterocycles. The highest BCUT2D eigenvalue weighted by Crippen LogP contribution is 2.13. The molecule has 3 rings (SSSR count). The van der Waals surface area contributed by atoms with Crippen molar-refractivity contribution in [3.05, 3.63) is 46.3 Å². The van der Waals surface area contributed by atoms with Gasteiger partial charge in [-0.1, -0.05) is 6.92 Å². The molecule has 0 aliphatic carbocycles. The summed E-state index contributed by atoms with van der Waals surface area (Å²) in [6.07, 6.45) is 6.27. The predicted molar refractivity (Wildman–Crippen MR) is 75.5 cm³/mol. The molecule has 19 heavy (non-hydrogen) atoms. The van der Waals surface area contributed by atoms with Gasteiger partial charge in [0.2, 0.25) is 0 Å². The topological polar surface area (TPSA) is 52.7 Å². The van der Waals surface area contributed by atoms with E-state index in [9.17, 15) is 4.79 Å². The fourth-order valence-electron chi connectivity index (χ4n) is 2.09. The first-order valence-electron chi connectivity index (χ1n) is 6.21. The summed E-state index contributed by atoms with van der Waals surface area (Å²) in [5, 5.41) is 1.89. The van der Waals surface area contributed by atoms with Crippen molar-refractivity contribution in [2.24, 2.45) is 0 Å². The molecule has 3 aromatic heterocycles. The minimum atomic E-state index is 0.0178. The summed E-state index contributed by atoms with van der Waals surface area (Å²) in [7, 11) is 0. The fraction of sp³-hybridized carbons (Fsp3) is 0.308. The molecule has 0 spiro atoms. The number of aromatic nitrogens is 4. The molecule has 0 amide bonds. The standard InChI is InChI=1S/C13H14N4OS/c1-2-4-16-8-14-6-10(16)7-17-9-15-11-3-5-19-12(11)13(17)18/h3,5-6,8-9H,2,4,7H2,1H3. The van der Waals surface area contributed by atoms with Gasteiger partial charge in [-0.3, -0.25) is 9.36 Å². The van der Waals surface area contributed by atoms with E-state index >= 15 is 0 Å². The number of hydrogen-bond acceptors (Lipinski definition) is 4. The van der Waals surface area contributed by atoms with E-state index in [2.05, 4.69) is 21.5 Å². The van der Waals surface area contributed by atoms with Gasteiger partial charge in [-0.15, -0.1) is 11.3 Å². The van der Waals surface area contributed by atoms with Gasteiger partial charge >= 0.3 is 0 Å². The molecular formula is C13H14N4OS. The molecule has 0 saturated carbocycles. The molecule has 3 heterocycles. The summed E-state index contributed by atoms with van der Waals surface area (Å²) in [4.78, 5) is 20.7. The fourth-order valence-corrected chi connectivity index (χ4v) is 2.88. The molecule has 0 radical (unpaired) electrons. The lowest BCUT2D eigenvalue weighted by Crippen LogP contribution is -2.21. The summed E-state index contributed by atoms with van der Waals surface area (Å²) in [5.74, 6) is 0. The first kappa shape index (κ1) is 12.1. The van der Waals surface area contributed by atoms with Gasteiger partial charge in [-0.25, -0.2) is 9.97 Å². The van der Waals surface area contributed by atoms with Crippen molar-refractivity contribution in [1.82, 2.24) is 19.1 Å². The van der Waals surface area contributed by atoms with Crippen LogP contribution in [-0.4, -0.2) is 19.1 Å². The van der Waals surface area contributed by atoms with Gasteiger partial charge in [0, 0.05) is 12.7 Å². The van der Waals surface area contributed by atoms with Crippen LogP contribution >= 0.6 is 11.3 Å². The lowest BCUT2D eigenvalue weighted by atomic mass is 10.4. The first-order valence-corrected chi connectivity index (χ1v) is 7.09. The highest BCUT2D eigenvalue weighted by atomic mass is 32.1. The minimum Gasteiger partial charge on any atom is -0.333 e. The van der Waals surface area contributed by atoms with E-state index in [-0.39, 0.29) is 5.56 Å². The number of nitrogens with zero attached hydrogens (tertiary/aromatic N) is 4. The Morgan fingerprint density at radius 1 is 1.32 bits per heavy atom. The molecule has 0 fully saturated rings. The van der Waals surface area contributed by atoms with E-state index in [1.165, 1.54) is 11.3 Å². The maximum atomic E-state index is 12.3. The molecule has 6 heteroatoms. The lowest BCUT2D eigenvalue weighted by molar-refractivity contribution is 0.615. The minimum absolute atomic E-state index is 0.0178. The van der Waals surface area contributed by atoms with Crippen LogP contribution in [0.4, 0.5) is 0 Å². The Balaban J connectivity index is 1.98. The van der Waals surface area contributed by atoms with Crippen LogP contribution in [0.3, 0.4) is 0 Å². The van der Waals surface area contributed by atoms with Crippen LogP contribution in [0.1, 0.15) is 19.0 Å². The van der Waals surface area contributed by atoms with Crippen molar-refractivity contribution in [2.45, 2.75) is 26.4 Å². The third kappa shape index (κ3) is 2.19. The zero-order valence-corrected chi connectivity index (χ0v) is 11.4. The van der Waals surface area contributed by atoms with Gasteiger partial charge < -0.3 is 4.57 Å². The van der Waals surface area contributed by atoms with Crippen molar-refractivity contribution < 1.29 is 0 Å². The Morgan fingerprint density at radius 3 is 3.05 bits per heavy atom. The highest BCUT2D eigenvalue weighted by Gasteiger charge is 2.08.